The van der Waals surface area contributed by atoms with E-state index in [1.54, 1.807) is 0 Å². The van der Waals surface area contributed by atoms with E-state index in [0.717, 1.165) is 25.9 Å². The highest BCUT2D eigenvalue weighted by Gasteiger charge is 2.52. The van der Waals surface area contributed by atoms with Gasteiger partial charge in [-0.3, -0.25) is 0 Å². The molecule has 0 aromatic carbocycles. The molecule has 3 N–H and O–H groups in total. The second kappa shape index (κ2) is 3.42. The van der Waals surface area contributed by atoms with Gasteiger partial charge in [-0.05, 0) is 26.7 Å². The van der Waals surface area contributed by atoms with Crippen molar-refractivity contribution in [3.63, 3.8) is 0 Å². The van der Waals surface area contributed by atoms with Crippen LogP contribution >= 0.6 is 0 Å². The van der Waals surface area contributed by atoms with Gasteiger partial charge in [0.15, 0.2) is 0 Å². The summed E-state index contributed by atoms with van der Waals surface area (Å²) in [5.41, 5.74) is 0.129. The number of hydrogen-bond donors (Lipinski definition) is 3. The van der Waals surface area contributed by atoms with E-state index in [0.29, 0.717) is 5.92 Å². The average molecular weight is 197 g/mol. The second-order valence-corrected chi connectivity index (χ2v) is 4.76. The van der Waals surface area contributed by atoms with Gasteiger partial charge in [-0.1, -0.05) is 0 Å². The van der Waals surface area contributed by atoms with Crippen LogP contribution in [0.3, 0.4) is 0 Å². The minimum atomic E-state index is -0.00981. The first-order valence-corrected chi connectivity index (χ1v) is 5.42. The SMILES string of the molecule is CC(C)NC(=O)NC1(C2CNC2)CC1. The molecule has 4 heteroatoms. The van der Waals surface area contributed by atoms with Crippen LogP contribution in [-0.4, -0.2) is 30.7 Å². The highest BCUT2D eigenvalue weighted by molar-refractivity contribution is 5.75. The van der Waals surface area contributed by atoms with Gasteiger partial charge in [-0.15, -0.1) is 0 Å². The lowest BCUT2D eigenvalue weighted by Gasteiger charge is -2.35. The molecule has 0 aromatic heterocycles. The zero-order valence-electron chi connectivity index (χ0n) is 8.89. The van der Waals surface area contributed by atoms with Gasteiger partial charge in [0.25, 0.3) is 0 Å². The van der Waals surface area contributed by atoms with Gasteiger partial charge in [0, 0.05) is 30.6 Å². The normalized spacial score (nSPS) is 24.2. The van der Waals surface area contributed by atoms with Crippen LogP contribution in [0.1, 0.15) is 26.7 Å². The molecule has 2 amide bonds. The standard InChI is InChI=1S/C10H19N3O/c1-7(2)12-9(14)13-10(3-4-10)8-5-11-6-8/h7-8,11H,3-6H2,1-2H3,(H2,12,13,14). The zero-order chi connectivity index (χ0) is 10.2. The summed E-state index contributed by atoms with van der Waals surface area (Å²) in [6.07, 6.45) is 2.29. The molecule has 2 aliphatic rings. The molecule has 0 unspecified atom stereocenters. The summed E-state index contributed by atoms with van der Waals surface area (Å²) in [6, 6.07) is 0.203. The molecule has 1 saturated carbocycles. The van der Waals surface area contributed by atoms with Crippen molar-refractivity contribution < 1.29 is 4.79 Å². The largest absolute Gasteiger partial charge is 0.336 e. The zero-order valence-corrected chi connectivity index (χ0v) is 8.89. The summed E-state index contributed by atoms with van der Waals surface area (Å²) in [6.45, 7) is 6.07. The van der Waals surface area contributed by atoms with Crippen LogP contribution in [0.2, 0.25) is 0 Å². The van der Waals surface area contributed by atoms with Crippen molar-refractivity contribution in [1.29, 1.82) is 0 Å². The highest BCUT2D eigenvalue weighted by atomic mass is 16.2. The van der Waals surface area contributed by atoms with Crippen LogP contribution in [0.15, 0.2) is 0 Å². The maximum Gasteiger partial charge on any atom is 0.315 e. The molecule has 2 fully saturated rings. The lowest BCUT2D eigenvalue weighted by molar-refractivity contribution is 0.208. The van der Waals surface area contributed by atoms with E-state index >= 15 is 0 Å². The van der Waals surface area contributed by atoms with E-state index in [-0.39, 0.29) is 17.6 Å². The lowest BCUT2D eigenvalue weighted by Crippen LogP contribution is -2.58. The van der Waals surface area contributed by atoms with Gasteiger partial charge in [-0.25, -0.2) is 4.79 Å². The Morgan fingerprint density at radius 2 is 2.07 bits per heavy atom. The third-order valence-electron chi connectivity index (χ3n) is 3.13. The minimum Gasteiger partial charge on any atom is -0.336 e. The Bertz CT molecular complexity index is 232. The third kappa shape index (κ3) is 1.85. The summed E-state index contributed by atoms with van der Waals surface area (Å²) in [5, 5.41) is 9.23. The predicted octanol–water partition coefficient (Wildman–Crippen LogP) is 0.446. The molecule has 0 spiro atoms. The van der Waals surface area contributed by atoms with Crippen molar-refractivity contribution in [2.24, 2.45) is 5.92 Å². The fourth-order valence-electron chi connectivity index (χ4n) is 1.97. The molecule has 4 nitrogen and oxygen atoms in total. The fourth-order valence-corrected chi connectivity index (χ4v) is 1.97. The molecule has 2 rings (SSSR count). The first kappa shape index (κ1) is 9.77. The second-order valence-electron chi connectivity index (χ2n) is 4.76. The molecule has 0 atom stereocenters. The topological polar surface area (TPSA) is 53.2 Å². The van der Waals surface area contributed by atoms with Gasteiger partial charge in [0.1, 0.15) is 0 Å². The summed E-state index contributed by atoms with van der Waals surface area (Å²) >= 11 is 0. The monoisotopic (exact) mass is 197 g/mol. The number of nitrogens with one attached hydrogen (secondary N) is 3. The maximum atomic E-state index is 11.5. The Balaban J connectivity index is 1.81. The van der Waals surface area contributed by atoms with E-state index in [2.05, 4.69) is 16.0 Å². The third-order valence-corrected chi connectivity index (χ3v) is 3.13. The smallest absolute Gasteiger partial charge is 0.315 e. The number of carbonyl (C=O) groups is 1. The predicted molar refractivity (Wildman–Crippen MR) is 55.1 cm³/mol. The van der Waals surface area contributed by atoms with Crippen molar-refractivity contribution in [2.45, 2.75) is 38.3 Å². The maximum absolute atomic E-state index is 11.5. The highest BCUT2D eigenvalue weighted by Crippen LogP contribution is 2.43. The number of carbonyl (C=O) groups excluding carboxylic acids is 1. The molecular weight excluding hydrogens is 178 g/mol. The summed E-state index contributed by atoms with van der Waals surface area (Å²) in [7, 11) is 0. The Hall–Kier alpha value is -0.770. The summed E-state index contributed by atoms with van der Waals surface area (Å²) < 4.78 is 0. The molecule has 1 aliphatic carbocycles. The number of rotatable bonds is 3. The summed E-state index contributed by atoms with van der Waals surface area (Å²) in [4.78, 5) is 11.5. The molecule has 1 heterocycles. The number of amides is 2. The van der Waals surface area contributed by atoms with Crippen molar-refractivity contribution in [3.05, 3.63) is 0 Å². The Kier molecular flexibility index (Phi) is 2.39. The van der Waals surface area contributed by atoms with Gasteiger partial charge in [0.05, 0.1) is 0 Å². The summed E-state index contributed by atoms with van der Waals surface area (Å²) in [5.74, 6) is 0.653. The fraction of sp³-hybridized carbons (Fsp3) is 0.900. The molecule has 14 heavy (non-hydrogen) atoms. The first-order chi connectivity index (χ1) is 6.62. The van der Waals surface area contributed by atoms with E-state index in [1.165, 1.54) is 0 Å². The molecular formula is C10H19N3O. The van der Waals surface area contributed by atoms with Crippen LogP contribution in [0.25, 0.3) is 0 Å². The van der Waals surface area contributed by atoms with Gasteiger partial charge >= 0.3 is 6.03 Å². The van der Waals surface area contributed by atoms with Crippen LogP contribution in [0.5, 0.6) is 0 Å². The minimum absolute atomic E-state index is 0.00981. The van der Waals surface area contributed by atoms with E-state index in [1.807, 2.05) is 13.8 Å². The quantitative estimate of drug-likeness (QED) is 0.615. The first-order valence-electron chi connectivity index (χ1n) is 5.42. The van der Waals surface area contributed by atoms with Crippen LogP contribution in [0.4, 0.5) is 4.79 Å². The molecule has 0 bridgehead atoms. The van der Waals surface area contributed by atoms with Crippen molar-refractivity contribution in [3.8, 4) is 0 Å². The molecule has 1 aliphatic heterocycles. The molecule has 1 saturated heterocycles. The molecule has 0 radical (unpaired) electrons. The van der Waals surface area contributed by atoms with Crippen LogP contribution < -0.4 is 16.0 Å². The van der Waals surface area contributed by atoms with E-state index in [9.17, 15) is 4.79 Å². The van der Waals surface area contributed by atoms with Crippen molar-refractivity contribution in [2.75, 3.05) is 13.1 Å². The average Bonchev–Trinajstić information content (AvgIpc) is 2.61. The van der Waals surface area contributed by atoms with Crippen molar-refractivity contribution >= 4 is 6.03 Å². The van der Waals surface area contributed by atoms with Crippen LogP contribution in [0, 0.1) is 5.92 Å². The Labute approximate surface area is 84.8 Å². The number of urea groups is 1. The van der Waals surface area contributed by atoms with Crippen molar-refractivity contribution in [1.82, 2.24) is 16.0 Å². The number of hydrogen-bond acceptors (Lipinski definition) is 2. The molecule has 0 aromatic rings. The van der Waals surface area contributed by atoms with Gasteiger partial charge in [0.2, 0.25) is 0 Å². The van der Waals surface area contributed by atoms with Crippen LogP contribution in [-0.2, 0) is 0 Å². The van der Waals surface area contributed by atoms with E-state index < -0.39 is 0 Å². The van der Waals surface area contributed by atoms with E-state index in [4.69, 9.17) is 0 Å². The van der Waals surface area contributed by atoms with Gasteiger partial charge < -0.3 is 16.0 Å². The Morgan fingerprint density at radius 1 is 1.43 bits per heavy atom. The Morgan fingerprint density at radius 3 is 2.43 bits per heavy atom. The van der Waals surface area contributed by atoms with Gasteiger partial charge in [-0.2, -0.15) is 0 Å². The molecule has 80 valence electrons. The lowest BCUT2D eigenvalue weighted by atomic mass is 9.91.